The summed E-state index contributed by atoms with van der Waals surface area (Å²) in [5.41, 5.74) is 10.4. The van der Waals surface area contributed by atoms with Crippen LogP contribution < -0.4 is 33.3 Å². The molecule has 0 radical (unpaired) electrons. The number of rotatable bonds is 16. The molecule has 0 unspecified atom stereocenters. The molecular formula is C49H57N3O6. The summed E-state index contributed by atoms with van der Waals surface area (Å²) in [4.78, 5) is 9.92. The van der Waals surface area contributed by atoms with Gasteiger partial charge in [-0.3, -0.25) is 9.88 Å². The summed E-state index contributed by atoms with van der Waals surface area (Å²) < 4.78 is 34.8. The minimum absolute atomic E-state index is 0.323. The number of likely N-dealkylation sites (tertiary alicyclic amines) is 1. The number of benzene rings is 4. The quantitative estimate of drug-likeness (QED) is 0.0972. The van der Waals surface area contributed by atoms with Crippen LogP contribution in [-0.2, 0) is 13.1 Å². The van der Waals surface area contributed by atoms with Crippen LogP contribution in [0.15, 0.2) is 85.1 Å². The Morgan fingerprint density at radius 3 is 1.81 bits per heavy atom. The van der Waals surface area contributed by atoms with E-state index in [4.69, 9.17) is 33.4 Å². The monoisotopic (exact) mass is 783 g/mol. The number of pyridine rings is 1. The van der Waals surface area contributed by atoms with Crippen molar-refractivity contribution in [3.05, 3.63) is 107 Å². The fraction of sp³-hybridized carbons (Fsp3) is 0.408. The van der Waals surface area contributed by atoms with E-state index in [1.54, 1.807) is 42.7 Å². The van der Waals surface area contributed by atoms with Crippen molar-refractivity contribution in [2.75, 3.05) is 60.6 Å². The van der Waals surface area contributed by atoms with Gasteiger partial charge in [0, 0.05) is 79.0 Å². The molecule has 304 valence electrons. The van der Waals surface area contributed by atoms with Crippen LogP contribution in [0.1, 0.15) is 79.0 Å². The molecule has 3 fully saturated rings. The van der Waals surface area contributed by atoms with Crippen LogP contribution >= 0.6 is 0 Å². The van der Waals surface area contributed by atoms with Crippen LogP contribution in [0, 0.1) is 0 Å². The molecule has 2 saturated carbocycles. The van der Waals surface area contributed by atoms with Crippen molar-refractivity contribution in [2.24, 2.45) is 0 Å². The van der Waals surface area contributed by atoms with E-state index in [0.717, 1.165) is 96.0 Å². The number of piperidine rings is 1. The highest BCUT2D eigenvalue weighted by molar-refractivity contribution is 5.71. The average Bonchev–Trinajstić information content (AvgIpc) is 4.10. The minimum Gasteiger partial charge on any atom is -0.497 e. The Hall–Kier alpha value is -5.41. The topological polar surface area (TPSA) is 74.8 Å². The summed E-state index contributed by atoms with van der Waals surface area (Å²) in [6.45, 7) is 3.59. The third-order valence-electron chi connectivity index (χ3n) is 12.4. The van der Waals surface area contributed by atoms with Crippen LogP contribution in [0.25, 0.3) is 22.4 Å². The van der Waals surface area contributed by atoms with Crippen molar-refractivity contribution in [2.45, 2.75) is 75.9 Å². The summed E-state index contributed by atoms with van der Waals surface area (Å²) in [7, 11) is 10.3. The van der Waals surface area contributed by atoms with Gasteiger partial charge in [-0.05, 0) is 115 Å². The van der Waals surface area contributed by atoms with E-state index in [-0.39, 0.29) is 0 Å². The van der Waals surface area contributed by atoms with Gasteiger partial charge in [0.15, 0.2) is 23.0 Å². The predicted molar refractivity (Wildman–Crippen MR) is 230 cm³/mol. The second-order valence-electron chi connectivity index (χ2n) is 16.0. The van der Waals surface area contributed by atoms with E-state index < -0.39 is 0 Å². The normalized spacial score (nSPS) is 16.0. The SMILES string of the molecule is COc1cc(OC)cc(N(Cc2cccc(-c3cc(OC)c(OC)c(C4CCC4)c3)c2)C2CCN(Cc3ccnc(-c4cc(OC)c(OC)c(C5CC5)c4)c3)CC2)c1. The molecule has 9 nitrogen and oxygen atoms in total. The molecule has 0 amide bonds. The van der Waals surface area contributed by atoms with Crippen LogP contribution in [-0.4, -0.2) is 71.7 Å². The molecule has 3 aliphatic rings. The smallest absolute Gasteiger partial charge is 0.164 e. The van der Waals surface area contributed by atoms with Crippen molar-refractivity contribution >= 4 is 5.69 Å². The number of anilines is 1. The van der Waals surface area contributed by atoms with Crippen molar-refractivity contribution in [1.29, 1.82) is 0 Å². The third kappa shape index (κ3) is 8.42. The summed E-state index contributed by atoms with van der Waals surface area (Å²) in [5, 5.41) is 0. The first-order valence-corrected chi connectivity index (χ1v) is 20.7. The maximum absolute atomic E-state index is 5.87. The van der Waals surface area contributed by atoms with Gasteiger partial charge in [0.05, 0.1) is 48.4 Å². The van der Waals surface area contributed by atoms with Crippen LogP contribution in [0.2, 0.25) is 0 Å². The zero-order chi connectivity index (χ0) is 40.2. The summed E-state index contributed by atoms with van der Waals surface area (Å²) >= 11 is 0. The Kier molecular flexibility index (Phi) is 12.0. The molecule has 2 heterocycles. The number of methoxy groups -OCH3 is 6. The molecule has 0 atom stereocenters. The van der Waals surface area contributed by atoms with Crippen molar-refractivity contribution in [3.63, 3.8) is 0 Å². The summed E-state index contributed by atoms with van der Waals surface area (Å²) in [6.07, 6.45) is 9.98. The molecule has 9 heteroatoms. The van der Waals surface area contributed by atoms with E-state index in [1.807, 2.05) is 12.3 Å². The minimum atomic E-state index is 0.323. The number of aromatic nitrogens is 1. The molecule has 1 aromatic heterocycles. The van der Waals surface area contributed by atoms with Gasteiger partial charge in [-0.25, -0.2) is 0 Å². The lowest BCUT2D eigenvalue weighted by atomic mass is 9.78. The highest BCUT2D eigenvalue weighted by Crippen LogP contribution is 2.49. The van der Waals surface area contributed by atoms with Gasteiger partial charge in [0.1, 0.15) is 11.5 Å². The lowest BCUT2D eigenvalue weighted by molar-refractivity contribution is 0.201. The predicted octanol–water partition coefficient (Wildman–Crippen LogP) is 10.3. The zero-order valence-corrected chi connectivity index (χ0v) is 34.9. The first-order chi connectivity index (χ1) is 28.4. The van der Waals surface area contributed by atoms with Gasteiger partial charge < -0.3 is 33.3 Å². The zero-order valence-electron chi connectivity index (χ0n) is 34.9. The number of hydrogen-bond donors (Lipinski definition) is 0. The molecule has 4 aromatic carbocycles. The molecule has 0 bridgehead atoms. The standard InChI is InChI=1S/C49H57N3O6/c1-53-41-27-40(28-42(29-41)54-2)52(31-32-9-7-12-36(21-32)37-23-43(34-10-8-11-34)48(57-5)46(25-37)55-3)39-16-19-51(20-17-39)30-33-15-18-50-45(22-33)38-24-44(35-13-14-35)49(58-6)47(26-38)56-4/h7,9,12,15,18,21-29,34-35,39H,8,10-11,13-14,16-17,19-20,30-31H2,1-6H3. The molecular weight excluding hydrogens is 727 g/mol. The average molecular weight is 784 g/mol. The maximum Gasteiger partial charge on any atom is 0.164 e. The Balaban J connectivity index is 1.02. The Bertz CT molecular complexity index is 2190. The summed E-state index contributed by atoms with van der Waals surface area (Å²) in [5.74, 6) is 5.86. The fourth-order valence-corrected chi connectivity index (χ4v) is 8.84. The Morgan fingerprint density at radius 1 is 0.586 bits per heavy atom. The van der Waals surface area contributed by atoms with Crippen molar-refractivity contribution in [3.8, 4) is 56.9 Å². The number of ether oxygens (including phenoxy) is 6. The molecule has 8 rings (SSSR count). The van der Waals surface area contributed by atoms with E-state index in [2.05, 4.69) is 82.6 Å². The van der Waals surface area contributed by atoms with E-state index in [1.165, 1.54) is 59.9 Å². The van der Waals surface area contributed by atoms with E-state index in [9.17, 15) is 0 Å². The second-order valence-corrected chi connectivity index (χ2v) is 16.0. The van der Waals surface area contributed by atoms with Crippen LogP contribution in [0.5, 0.6) is 34.5 Å². The van der Waals surface area contributed by atoms with Crippen molar-refractivity contribution < 1.29 is 28.4 Å². The lowest BCUT2D eigenvalue weighted by Gasteiger charge is -2.40. The van der Waals surface area contributed by atoms with Crippen LogP contribution in [0.3, 0.4) is 0 Å². The van der Waals surface area contributed by atoms with Gasteiger partial charge in [-0.2, -0.15) is 0 Å². The Labute approximate surface area is 343 Å². The molecule has 5 aromatic rings. The molecule has 58 heavy (non-hydrogen) atoms. The maximum atomic E-state index is 5.87. The molecule has 1 saturated heterocycles. The molecule has 0 N–H and O–H groups in total. The highest BCUT2D eigenvalue weighted by Gasteiger charge is 2.31. The molecule has 1 aliphatic heterocycles. The lowest BCUT2D eigenvalue weighted by Crippen LogP contribution is -2.44. The molecule has 0 spiro atoms. The van der Waals surface area contributed by atoms with Gasteiger partial charge in [-0.15, -0.1) is 0 Å². The largest absolute Gasteiger partial charge is 0.497 e. The molecule has 2 aliphatic carbocycles. The van der Waals surface area contributed by atoms with Crippen LogP contribution in [0.4, 0.5) is 5.69 Å². The van der Waals surface area contributed by atoms with Gasteiger partial charge in [0.2, 0.25) is 0 Å². The first-order valence-electron chi connectivity index (χ1n) is 20.7. The van der Waals surface area contributed by atoms with E-state index in [0.29, 0.717) is 17.9 Å². The number of nitrogens with zero attached hydrogens (tertiary/aromatic N) is 3. The summed E-state index contributed by atoms with van der Waals surface area (Å²) in [6, 6.07) is 28.6. The van der Waals surface area contributed by atoms with Crippen molar-refractivity contribution in [1.82, 2.24) is 9.88 Å². The third-order valence-corrected chi connectivity index (χ3v) is 12.4. The highest BCUT2D eigenvalue weighted by atomic mass is 16.5. The van der Waals surface area contributed by atoms with Gasteiger partial charge in [0.25, 0.3) is 0 Å². The first kappa shape index (κ1) is 39.4. The van der Waals surface area contributed by atoms with Gasteiger partial charge in [-0.1, -0.05) is 24.6 Å². The second kappa shape index (κ2) is 17.6. The fourth-order valence-electron chi connectivity index (χ4n) is 8.84. The van der Waals surface area contributed by atoms with Gasteiger partial charge >= 0.3 is 0 Å². The Morgan fingerprint density at radius 2 is 1.22 bits per heavy atom. The number of hydrogen-bond acceptors (Lipinski definition) is 9. The van der Waals surface area contributed by atoms with E-state index >= 15 is 0 Å².